The van der Waals surface area contributed by atoms with Crippen LogP contribution in [0.4, 0.5) is 8.78 Å². The number of hydrogen-bond acceptors (Lipinski definition) is 2. The molecule has 0 aliphatic rings. The molecule has 0 bridgehead atoms. The summed E-state index contributed by atoms with van der Waals surface area (Å²) in [7, 11) is 1.66. The van der Waals surface area contributed by atoms with Gasteiger partial charge in [-0.05, 0) is 19.2 Å². The molecule has 0 aromatic carbocycles. The third-order valence-electron chi connectivity index (χ3n) is 1.79. The minimum atomic E-state index is -2.76. The van der Waals surface area contributed by atoms with E-state index in [0.29, 0.717) is 6.54 Å². The summed E-state index contributed by atoms with van der Waals surface area (Å²) in [5, 5.41) is 2.70. The van der Waals surface area contributed by atoms with Gasteiger partial charge in [-0.2, -0.15) is 0 Å². The summed E-state index contributed by atoms with van der Waals surface area (Å²) in [5.74, 6) is -2.76. The Bertz CT molecular complexity index is 249. The number of aromatic nitrogens is 1. The Morgan fingerprint density at radius 1 is 1.38 bits per heavy atom. The second-order valence-corrected chi connectivity index (χ2v) is 2.79. The van der Waals surface area contributed by atoms with E-state index in [-0.39, 0.29) is 12.0 Å². The molecule has 1 rings (SSSR count). The standard InChI is InChI=1S/C9H12F2N2/c1-12-7-4-9(10,11)8-2-5-13-6-3-8/h2-3,5-6,12H,4,7H2,1H3. The van der Waals surface area contributed by atoms with E-state index in [1.54, 1.807) is 7.05 Å². The first-order valence-electron chi connectivity index (χ1n) is 4.10. The van der Waals surface area contributed by atoms with Crippen molar-refractivity contribution in [1.29, 1.82) is 0 Å². The molecule has 13 heavy (non-hydrogen) atoms. The smallest absolute Gasteiger partial charge is 0.274 e. The number of nitrogens with zero attached hydrogens (tertiary/aromatic N) is 1. The molecule has 0 aliphatic heterocycles. The molecule has 0 spiro atoms. The summed E-state index contributed by atoms with van der Waals surface area (Å²) in [6.45, 7) is 0.301. The van der Waals surface area contributed by atoms with Crippen molar-refractivity contribution in [3.05, 3.63) is 30.1 Å². The topological polar surface area (TPSA) is 24.9 Å². The van der Waals surface area contributed by atoms with Crippen LogP contribution in [0.2, 0.25) is 0 Å². The maximum Gasteiger partial charge on any atom is 0.274 e. The molecule has 0 saturated heterocycles. The highest BCUT2D eigenvalue weighted by atomic mass is 19.3. The van der Waals surface area contributed by atoms with Gasteiger partial charge in [-0.1, -0.05) is 0 Å². The van der Waals surface area contributed by atoms with E-state index in [1.165, 1.54) is 24.5 Å². The van der Waals surface area contributed by atoms with Crippen LogP contribution in [-0.2, 0) is 5.92 Å². The van der Waals surface area contributed by atoms with Gasteiger partial charge in [-0.15, -0.1) is 0 Å². The summed E-state index contributed by atoms with van der Waals surface area (Å²) in [5.41, 5.74) is 0.0257. The van der Waals surface area contributed by atoms with Crippen LogP contribution in [0.3, 0.4) is 0 Å². The molecule has 1 aromatic rings. The van der Waals surface area contributed by atoms with E-state index >= 15 is 0 Å². The third kappa shape index (κ3) is 2.73. The zero-order valence-corrected chi connectivity index (χ0v) is 7.43. The lowest BCUT2D eigenvalue weighted by Crippen LogP contribution is -2.20. The van der Waals surface area contributed by atoms with Gasteiger partial charge in [0, 0.05) is 30.9 Å². The van der Waals surface area contributed by atoms with E-state index in [1.807, 2.05) is 0 Å². The van der Waals surface area contributed by atoms with Gasteiger partial charge in [0.2, 0.25) is 0 Å². The lowest BCUT2D eigenvalue weighted by atomic mass is 10.1. The number of halogens is 2. The van der Waals surface area contributed by atoms with Gasteiger partial charge < -0.3 is 5.32 Å². The van der Waals surface area contributed by atoms with Crippen LogP contribution in [0.1, 0.15) is 12.0 Å². The lowest BCUT2D eigenvalue weighted by molar-refractivity contribution is -0.0124. The van der Waals surface area contributed by atoms with Gasteiger partial charge in [0.15, 0.2) is 0 Å². The molecular formula is C9H12F2N2. The Hall–Kier alpha value is -1.03. The van der Waals surface area contributed by atoms with Crippen LogP contribution in [0, 0.1) is 0 Å². The molecule has 4 heteroatoms. The van der Waals surface area contributed by atoms with Crippen molar-refractivity contribution in [1.82, 2.24) is 10.3 Å². The first kappa shape index (κ1) is 10.1. The molecule has 0 amide bonds. The summed E-state index contributed by atoms with van der Waals surface area (Å²) < 4.78 is 26.6. The summed E-state index contributed by atoms with van der Waals surface area (Å²) in [6, 6.07) is 2.69. The maximum absolute atomic E-state index is 13.3. The fraction of sp³-hybridized carbons (Fsp3) is 0.444. The summed E-state index contributed by atoms with van der Waals surface area (Å²) in [6.07, 6.45) is 2.57. The SMILES string of the molecule is CNCCC(F)(F)c1ccncc1. The summed E-state index contributed by atoms with van der Waals surface area (Å²) in [4.78, 5) is 3.69. The lowest BCUT2D eigenvalue weighted by Gasteiger charge is -2.15. The van der Waals surface area contributed by atoms with Crippen molar-refractivity contribution >= 4 is 0 Å². The Morgan fingerprint density at radius 3 is 2.54 bits per heavy atom. The molecular weight excluding hydrogens is 174 g/mol. The first-order chi connectivity index (χ1) is 6.17. The Morgan fingerprint density at radius 2 is 2.00 bits per heavy atom. The van der Waals surface area contributed by atoms with Crippen LogP contribution in [0.15, 0.2) is 24.5 Å². The number of nitrogens with one attached hydrogen (secondary N) is 1. The normalized spacial score (nSPS) is 11.6. The molecule has 0 fully saturated rings. The van der Waals surface area contributed by atoms with E-state index < -0.39 is 5.92 Å². The minimum Gasteiger partial charge on any atom is -0.320 e. The quantitative estimate of drug-likeness (QED) is 0.775. The average Bonchev–Trinajstić information content (AvgIpc) is 2.16. The van der Waals surface area contributed by atoms with Crippen molar-refractivity contribution in [3.63, 3.8) is 0 Å². The monoisotopic (exact) mass is 186 g/mol. The van der Waals surface area contributed by atoms with Gasteiger partial charge in [-0.25, -0.2) is 8.78 Å². The van der Waals surface area contributed by atoms with Gasteiger partial charge in [0.1, 0.15) is 0 Å². The van der Waals surface area contributed by atoms with Crippen molar-refractivity contribution in [2.45, 2.75) is 12.3 Å². The molecule has 0 atom stereocenters. The minimum absolute atomic E-state index is 0.0257. The Balaban J connectivity index is 2.69. The molecule has 1 aromatic heterocycles. The molecule has 0 aliphatic carbocycles. The largest absolute Gasteiger partial charge is 0.320 e. The number of pyridine rings is 1. The predicted molar refractivity (Wildman–Crippen MR) is 46.7 cm³/mol. The summed E-state index contributed by atoms with van der Waals surface area (Å²) >= 11 is 0. The van der Waals surface area contributed by atoms with Gasteiger partial charge in [0.05, 0.1) is 0 Å². The fourth-order valence-corrected chi connectivity index (χ4v) is 1.02. The Kier molecular flexibility index (Phi) is 3.31. The zero-order valence-electron chi connectivity index (χ0n) is 7.43. The van der Waals surface area contributed by atoms with Gasteiger partial charge in [-0.3, -0.25) is 4.98 Å². The molecule has 1 N–H and O–H groups in total. The second kappa shape index (κ2) is 4.28. The maximum atomic E-state index is 13.3. The highest BCUT2D eigenvalue weighted by molar-refractivity contribution is 5.16. The second-order valence-electron chi connectivity index (χ2n) is 2.79. The third-order valence-corrected chi connectivity index (χ3v) is 1.79. The van der Waals surface area contributed by atoms with Crippen LogP contribution in [0.5, 0.6) is 0 Å². The van der Waals surface area contributed by atoms with Gasteiger partial charge in [0.25, 0.3) is 5.92 Å². The molecule has 0 unspecified atom stereocenters. The van der Waals surface area contributed by atoms with E-state index in [9.17, 15) is 8.78 Å². The molecule has 0 radical (unpaired) electrons. The Labute approximate surface area is 76.0 Å². The van der Waals surface area contributed by atoms with E-state index in [2.05, 4.69) is 10.3 Å². The van der Waals surface area contributed by atoms with Crippen LogP contribution < -0.4 is 5.32 Å². The number of alkyl halides is 2. The molecule has 1 heterocycles. The van der Waals surface area contributed by atoms with Crippen molar-refractivity contribution < 1.29 is 8.78 Å². The molecule has 0 saturated carbocycles. The van der Waals surface area contributed by atoms with Crippen LogP contribution in [0.25, 0.3) is 0 Å². The average molecular weight is 186 g/mol. The highest BCUT2D eigenvalue weighted by Gasteiger charge is 2.30. The van der Waals surface area contributed by atoms with E-state index in [0.717, 1.165) is 0 Å². The van der Waals surface area contributed by atoms with Crippen molar-refractivity contribution in [2.24, 2.45) is 0 Å². The molecule has 72 valence electrons. The highest BCUT2D eigenvalue weighted by Crippen LogP contribution is 2.30. The van der Waals surface area contributed by atoms with Crippen LogP contribution >= 0.6 is 0 Å². The van der Waals surface area contributed by atoms with E-state index in [4.69, 9.17) is 0 Å². The predicted octanol–water partition coefficient (Wildman–Crippen LogP) is 1.78. The number of rotatable bonds is 4. The molecule has 2 nitrogen and oxygen atoms in total. The van der Waals surface area contributed by atoms with Gasteiger partial charge >= 0.3 is 0 Å². The van der Waals surface area contributed by atoms with Crippen molar-refractivity contribution in [2.75, 3.05) is 13.6 Å². The first-order valence-corrected chi connectivity index (χ1v) is 4.10. The van der Waals surface area contributed by atoms with Crippen LogP contribution in [-0.4, -0.2) is 18.6 Å². The number of hydrogen-bond donors (Lipinski definition) is 1. The zero-order chi connectivity index (χ0) is 9.73. The fourth-order valence-electron chi connectivity index (χ4n) is 1.02. The van der Waals surface area contributed by atoms with Crippen molar-refractivity contribution in [3.8, 4) is 0 Å².